The summed E-state index contributed by atoms with van der Waals surface area (Å²) in [6.07, 6.45) is 2.87. The highest BCUT2D eigenvalue weighted by Gasteiger charge is 2.34. The number of carbonyl (C=O) groups is 1. The second kappa shape index (κ2) is 14.6. The molecule has 0 aliphatic heterocycles. The number of hydrogen-bond acceptors (Lipinski definition) is 3. The first-order chi connectivity index (χ1) is 17.5. The number of halogens is 6. The van der Waals surface area contributed by atoms with E-state index in [2.05, 4.69) is 11.8 Å². The van der Waals surface area contributed by atoms with Gasteiger partial charge in [-0.15, -0.1) is 12.4 Å². The van der Waals surface area contributed by atoms with Crippen LogP contribution in [0.15, 0.2) is 78.1 Å². The van der Waals surface area contributed by atoms with Gasteiger partial charge in [-0.05, 0) is 53.3 Å². The molecule has 38 heavy (non-hydrogen) atoms. The molecule has 0 aromatic heterocycles. The SMILES string of the molecule is CC(CN(CCCOC1=CC=CC(=CC(=O)O)C1)Cc1cccc(C(F)(F)F)c1Cl)c1ccc(Cl)cc1.Cl. The van der Waals surface area contributed by atoms with Crippen molar-refractivity contribution in [1.82, 2.24) is 4.90 Å². The second-order valence-electron chi connectivity index (χ2n) is 8.89. The van der Waals surface area contributed by atoms with Crippen LogP contribution in [0.2, 0.25) is 10.0 Å². The molecule has 1 N–H and O–H groups in total. The van der Waals surface area contributed by atoms with Gasteiger partial charge in [0.2, 0.25) is 0 Å². The molecule has 0 fully saturated rings. The molecule has 1 aliphatic carbocycles. The Kier molecular flexibility index (Phi) is 12.2. The van der Waals surface area contributed by atoms with Crippen LogP contribution in [0.4, 0.5) is 13.2 Å². The van der Waals surface area contributed by atoms with E-state index in [0.29, 0.717) is 54.5 Å². The Morgan fingerprint density at radius 1 is 1.18 bits per heavy atom. The van der Waals surface area contributed by atoms with E-state index in [-0.39, 0.29) is 29.9 Å². The number of nitrogens with zero attached hydrogens (tertiary/aromatic N) is 1. The number of carboxylic acid groups (broad SMARTS) is 1. The first-order valence-electron chi connectivity index (χ1n) is 11.8. The topological polar surface area (TPSA) is 49.8 Å². The molecule has 206 valence electrons. The van der Waals surface area contributed by atoms with E-state index in [9.17, 15) is 18.0 Å². The van der Waals surface area contributed by atoms with Crippen LogP contribution in [0.1, 0.15) is 42.4 Å². The van der Waals surface area contributed by atoms with E-state index < -0.39 is 17.7 Å². The van der Waals surface area contributed by atoms with Crippen LogP contribution in [0.25, 0.3) is 0 Å². The van der Waals surface area contributed by atoms with Crippen LogP contribution in [-0.2, 0) is 22.3 Å². The van der Waals surface area contributed by atoms with Crippen molar-refractivity contribution in [3.05, 3.63) is 105 Å². The number of hydrogen-bond donors (Lipinski definition) is 1. The highest BCUT2D eigenvalue weighted by Crippen LogP contribution is 2.36. The van der Waals surface area contributed by atoms with Gasteiger partial charge in [0, 0.05) is 37.2 Å². The third-order valence-electron chi connectivity index (χ3n) is 5.93. The zero-order valence-corrected chi connectivity index (χ0v) is 23.0. The Hall–Kier alpha value is -2.45. The molecule has 0 amide bonds. The summed E-state index contributed by atoms with van der Waals surface area (Å²) in [7, 11) is 0. The molecule has 0 spiro atoms. The van der Waals surface area contributed by atoms with Gasteiger partial charge in [0.25, 0.3) is 0 Å². The van der Waals surface area contributed by atoms with E-state index in [4.69, 9.17) is 33.0 Å². The van der Waals surface area contributed by atoms with Gasteiger partial charge in [0.1, 0.15) is 5.76 Å². The predicted octanol–water partition coefficient (Wildman–Crippen LogP) is 8.30. The van der Waals surface area contributed by atoms with Crippen molar-refractivity contribution in [2.45, 2.75) is 38.4 Å². The number of rotatable bonds is 11. The summed E-state index contributed by atoms with van der Waals surface area (Å²) < 4.78 is 46.0. The van der Waals surface area contributed by atoms with Gasteiger partial charge in [-0.2, -0.15) is 13.2 Å². The highest BCUT2D eigenvalue weighted by atomic mass is 35.5. The minimum absolute atomic E-state index is 0. The summed E-state index contributed by atoms with van der Waals surface area (Å²) in [5, 5.41) is 9.29. The lowest BCUT2D eigenvalue weighted by Gasteiger charge is -2.27. The molecule has 2 aromatic rings. The molecule has 4 nitrogen and oxygen atoms in total. The van der Waals surface area contributed by atoms with E-state index in [0.717, 1.165) is 17.7 Å². The van der Waals surface area contributed by atoms with Gasteiger partial charge in [-0.1, -0.05) is 66.5 Å². The maximum Gasteiger partial charge on any atom is 0.417 e. The molecule has 0 heterocycles. The summed E-state index contributed by atoms with van der Waals surface area (Å²) in [6.45, 7) is 3.83. The third kappa shape index (κ3) is 9.70. The lowest BCUT2D eigenvalue weighted by atomic mass is 10.00. The Bertz CT molecular complexity index is 1180. The predicted molar refractivity (Wildman–Crippen MR) is 147 cm³/mol. The normalized spacial score (nSPS) is 15.2. The van der Waals surface area contributed by atoms with E-state index in [1.165, 1.54) is 6.07 Å². The lowest BCUT2D eigenvalue weighted by molar-refractivity contribution is -0.137. The quantitative estimate of drug-likeness (QED) is 0.211. The van der Waals surface area contributed by atoms with Crippen molar-refractivity contribution >= 4 is 41.6 Å². The molecule has 1 unspecified atom stereocenters. The van der Waals surface area contributed by atoms with Gasteiger partial charge in [0.05, 0.1) is 17.2 Å². The second-order valence-corrected chi connectivity index (χ2v) is 9.71. The standard InChI is InChI=1S/C28H28Cl2F3NO3.ClH/c1-19(21-9-11-23(29)12-10-21)17-34(18-22-6-3-8-25(27(22)30)28(31,32)33)13-4-14-37-24-7-2-5-20(15-24)16-26(35)36;/h2-3,5-12,16,19H,4,13-15,17-18H2,1H3,(H,35,36);1H. The number of allylic oxidation sites excluding steroid dienone is 4. The smallest absolute Gasteiger partial charge is 0.417 e. The number of ether oxygens (including phenoxy) is 1. The first-order valence-corrected chi connectivity index (χ1v) is 12.5. The average molecular weight is 591 g/mol. The molecule has 1 atom stereocenters. The van der Waals surface area contributed by atoms with Crippen LogP contribution in [0, 0.1) is 0 Å². The van der Waals surface area contributed by atoms with Gasteiger partial charge < -0.3 is 9.84 Å². The fourth-order valence-corrected chi connectivity index (χ4v) is 4.55. The Labute approximate surface area is 236 Å². The van der Waals surface area contributed by atoms with E-state index in [1.807, 2.05) is 24.3 Å². The molecule has 0 radical (unpaired) electrons. The van der Waals surface area contributed by atoms with Crippen LogP contribution in [0.5, 0.6) is 0 Å². The Balaban J connectivity index is 0.00000507. The molecule has 10 heteroatoms. The Morgan fingerprint density at radius 2 is 1.89 bits per heavy atom. The van der Waals surface area contributed by atoms with E-state index >= 15 is 0 Å². The molecule has 0 bridgehead atoms. The summed E-state index contributed by atoms with van der Waals surface area (Å²) in [6, 6.07) is 11.5. The van der Waals surface area contributed by atoms with Crippen molar-refractivity contribution < 1.29 is 27.8 Å². The zero-order valence-electron chi connectivity index (χ0n) is 20.7. The van der Waals surface area contributed by atoms with Crippen molar-refractivity contribution in [3.63, 3.8) is 0 Å². The third-order valence-corrected chi connectivity index (χ3v) is 6.63. The minimum atomic E-state index is -4.53. The monoisotopic (exact) mass is 589 g/mol. The van der Waals surface area contributed by atoms with Crippen molar-refractivity contribution in [2.75, 3.05) is 19.7 Å². The van der Waals surface area contributed by atoms with Crippen molar-refractivity contribution in [3.8, 4) is 0 Å². The van der Waals surface area contributed by atoms with Crippen LogP contribution < -0.4 is 0 Å². The summed E-state index contributed by atoms with van der Waals surface area (Å²) in [4.78, 5) is 13.0. The van der Waals surface area contributed by atoms with Gasteiger partial charge in [0.15, 0.2) is 0 Å². The number of benzene rings is 2. The molecular weight excluding hydrogens is 562 g/mol. The Morgan fingerprint density at radius 3 is 2.55 bits per heavy atom. The largest absolute Gasteiger partial charge is 0.498 e. The summed E-state index contributed by atoms with van der Waals surface area (Å²) in [5.74, 6) is -0.255. The maximum atomic E-state index is 13.4. The summed E-state index contributed by atoms with van der Waals surface area (Å²) >= 11 is 12.2. The lowest BCUT2D eigenvalue weighted by Crippen LogP contribution is -2.29. The fraction of sp³-hybridized carbons (Fsp3) is 0.321. The molecule has 0 saturated heterocycles. The first kappa shape index (κ1) is 31.8. The molecule has 1 aliphatic rings. The minimum Gasteiger partial charge on any atom is -0.498 e. The maximum absolute atomic E-state index is 13.4. The van der Waals surface area contributed by atoms with E-state index in [1.54, 1.807) is 24.3 Å². The molecule has 0 saturated carbocycles. The fourth-order valence-electron chi connectivity index (χ4n) is 4.13. The highest BCUT2D eigenvalue weighted by molar-refractivity contribution is 6.32. The van der Waals surface area contributed by atoms with Gasteiger partial charge in [-0.25, -0.2) is 4.79 Å². The average Bonchev–Trinajstić information content (AvgIpc) is 2.82. The number of alkyl halides is 3. The van der Waals surface area contributed by atoms with Crippen LogP contribution >= 0.6 is 35.6 Å². The molecular formula is C28H29Cl3F3NO3. The number of aliphatic carboxylic acids is 1. The van der Waals surface area contributed by atoms with Crippen molar-refractivity contribution in [2.24, 2.45) is 0 Å². The zero-order chi connectivity index (χ0) is 27.0. The van der Waals surface area contributed by atoms with Crippen LogP contribution in [-0.4, -0.2) is 35.7 Å². The molecule has 2 aromatic carbocycles. The van der Waals surface area contributed by atoms with Crippen molar-refractivity contribution in [1.29, 1.82) is 0 Å². The van der Waals surface area contributed by atoms with Gasteiger partial charge >= 0.3 is 12.1 Å². The summed E-state index contributed by atoms with van der Waals surface area (Å²) in [5.41, 5.74) is 1.27. The molecule has 3 rings (SSSR count). The van der Waals surface area contributed by atoms with Gasteiger partial charge in [-0.3, -0.25) is 4.90 Å². The number of carboxylic acids is 1. The van der Waals surface area contributed by atoms with Crippen LogP contribution in [0.3, 0.4) is 0 Å².